The maximum atomic E-state index is 12.2. The second-order valence-electron chi connectivity index (χ2n) is 5.44. The van der Waals surface area contributed by atoms with Crippen LogP contribution >= 0.6 is 0 Å². The van der Waals surface area contributed by atoms with Crippen molar-refractivity contribution in [3.8, 4) is 17.6 Å². The third kappa shape index (κ3) is 5.92. The van der Waals surface area contributed by atoms with Crippen LogP contribution in [0.25, 0.3) is 6.08 Å². The molecule has 1 amide bonds. The Labute approximate surface area is 162 Å². The van der Waals surface area contributed by atoms with E-state index in [9.17, 15) is 14.9 Å². The topological polar surface area (TPSA) is 111 Å². The number of rotatable bonds is 9. The number of hydrogen-bond acceptors (Lipinski definition) is 7. The van der Waals surface area contributed by atoms with Crippen LogP contribution in [-0.4, -0.2) is 32.2 Å². The molecule has 8 nitrogen and oxygen atoms in total. The van der Waals surface area contributed by atoms with Gasteiger partial charge >= 0.3 is 5.97 Å². The molecule has 146 valence electrons. The van der Waals surface area contributed by atoms with Gasteiger partial charge in [0.1, 0.15) is 17.4 Å². The van der Waals surface area contributed by atoms with E-state index >= 15 is 0 Å². The van der Waals surface area contributed by atoms with Crippen LogP contribution in [0.4, 0.5) is 0 Å². The van der Waals surface area contributed by atoms with Gasteiger partial charge in [0, 0.05) is 0 Å². The van der Waals surface area contributed by atoms with Gasteiger partial charge in [0.15, 0.2) is 18.1 Å². The number of carbonyl (C=O) groups is 2. The van der Waals surface area contributed by atoms with E-state index in [1.165, 1.54) is 19.4 Å². The summed E-state index contributed by atoms with van der Waals surface area (Å²) in [6.45, 7) is 1.89. The van der Waals surface area contributed by atoms with Crippen molar-refractivity contribution in [2.75, 3.05) is 20.3 Å². The molecule has 2 rings (SSSR count). The Kier molecular flexibility index (Phi) is 7.66. The molecule has 0 aliphatic heterocycles. The SMILES string of the molecule is CCOC(=O)COc1ccc(/C=C(\C#N)C(=O)NCc2ccco2)cc1OC. The largest absolute Gasteiger partial charge is 0.493 e. The number of amides is 1. The van der Waals surface area contributed by atoms with E-state index < -0.39 is 11.9 Å². The van der Waals surface area contributed by atoms with Crippen LogP contribution in [0.3, 0.4) is 0 Å². The van der Waals surface area contributed by atoms with Gasteiger partial charge in [-0.2, -0.15) is 5.26 Å². The van der Waals surface area contributed by atoms with Crippen LogP contribution in [0.15, 0.2) is 46.6 Å². The molecule has 1 N–H and O–H groups in total. The minimum absolute atomic E-state index is 0.0752. The average Bonchev–Trinajstić information content (AvgIpc) is 3.22. The molecule has 1 aromatic carbocycles. The number of furan rings is 1. The molecule has 1 aromatic heterocycles. The zero-order valence-corrected chi connectivity index (χ0v) is 15.6. The first-order chi connectivity index (χ1) is 13.6. The molecule has 0 saturated heterocycles. The van der Waals surface area contributed by atoms with E-state index in [4.69, 9.17) is 18.6 Å². The molecule has 28 heavy (non-hydrogen) atoms. The number of hydrogen-bond donors (Lipinski definition) is 1. The molecule has 0 bridgehead atoms. The Morgan fingerprint density at radius 3 is 2.75 bits per heavy atom. The van der Waals surface area contributed by atoms with Gasteiger partial charge in [-0.1, -0.05) is 6.07 Å². The molecular weight excluding hydrogens is 364 g/mol. The summed E-state index contributed by atoms with van der Waals surface area (Å²) in [5.41, 5.74) is 0.485. The second-order valence-corrected chi connectivity index (χ2v) is 5.44. The lowest BCUT2D eigenvalue weighted by Crippen LogP contribution is -2.23. The van der Waals surface area contributed by atoms with Crippen molar-refractivity contribution in [2.45, 2.75) is 13.5 Å². The summed E-state index contributed by atoms with van der Waals surface area (Å²) >= 11 is 0. The summed E-state index contributed by atoms with van der Waals surface area (Å²) in [5, 5.41) is 11.9. The highest BCUT2D eigenvalue weighted by molar-refractivity contribution is 6.01. The van der Waals surface area contributed by atoms with E-state index in [0.717, 1.165) is 0 Å². The third-order valence-corrected chi connectivity index (χ3v) is 3.52. The van der Waals surface area contributed by atoms with E-state index in [1.54, 1.807) is 37.3 Å². The normalized spacial score (nSPS) is 10.7. The van der Waals surface area contributed by atoms with E-state index in [0.29, 0.717) is 22.8 Å². The molecule has 0 fully saturated rings. The summed E-state index contributed by atoms with van der Waals surface area (Å²) in [6, 6.07) is 10.1. The summed E-state index contributed by atoms with van der Waals surface area (Å²) in [7, 11) is 1.45. The fourth-order valence-corrected chi connectivity index (χ4v) is 2.22. The van der Waals surface area contributed by atoms with Gasteiger partial charge in [0.2, 0.25) is 0 Å². The Balaban J connectivity index is 2.08. The number of nitrogens with one attached hydrogen (secondary N) is 1. The molecule has 2 aromatic rings. The molecular formula is C20H20N2O6. The number of esters is 1. The van der Waals surface area contributed by atoms with Crippen molar-refractivity contribution in [1.82, 2.24) is 5.32 Å². The number of nitriles is 1. The van der Waals surface area contributed by atoms with Crippen molar-refractivity contribution < 1.29 is 28.2 Å². The Morgan fingerprint density at radius 2 is 2.11 bits per heavy atom. The first-order valence-corrected chi connectivity index (χ1v) is 8.46. The minimum atomic E-state index is -0.527. The summed E-state index contributed by atoms with van der Waals surface area (Å²) in [6.07, 6.45) is 2.93. The van der Waals surface area contributed by atoms with Gasteiger partial charge < -0.3 is 23.9 Å². The highest BCUT2D eigenvalue weighted by Gasteiger charge is 2.12. The maximum absolute atomic E-state index is 12.2. The fourth-order valence-electron chi connectivity index (χ4n) is 2.22. The molecule has 8 heteroatoms. The summed E-state index contributed by atoms with van der Waals surface area (Å²) < 4.78 is 20.6. The first kappa shape index (κ1) is 20.6. The highest BCUT2D eigenvalue weighted by Crippen LogP contribution is 2.29. The smallest absolute Gasteiger partial charge is 0.344 e. The van der Waals surface area contributed by atoms with Gasteiger partial charge in [-0.3, -0.25) is 4.79 Å². The molecule has 0 aliphatic rings. The van der Waals surface area contributed by atoms with Crippen LogP contribution in [0.1, 0.15) is 18.2 Å². The van der Waals surface area contributed by atoms with Crippen LogP contribution in [-0.2, 0) is 20.9 Å². The molecule has 0 unspecified atom stereocenters. The number of carbonyl (C=O) groups excluding carboxylic acids is 2. The highest BCUT2D eigenvalue weighted by atomic mass is 16.6. The molecule has 0 spiro atoms. The standard InChI is InChI=1S/C20H20N2O6/c1-3-26-19(23)13-28-17-7-6-14(10-18(17)25-2)9-15(11-21)20(24)22-12-16-5-4-8-27-16/h4-10H,3,12-13H2,1-2H3,(H,22,24)/b15-9+. The fraction of sp³-hybridized carbons (Fsp3) is 0.250. The second kappa shape index (κ2) is 10.4. The number of ether oxygens (including phenoxy) is 3. The Bertz CT molecular complexity index is 881. The molecule has 0 aliphatic carbocycles. The van der Waals surface area contributed by atoms with Gasteiger partial charge in [-0.15, -0.1) is 0 Å². The quantitative estimate of drug-likeness (QED) is 0.402. The minimum Gasteiger partial charge on any atom is -0.493 e. The lowest BCUT2D eigenvalue weighted by atomic mass is 10.1. The number of nitrogens with zero attached hydrogens (tertiary/aromatic N) is 1. The molecule has 0 radical (unpaired) electrons. The zero-order valence-electron chi connectivity index (χ0n) is 15.6. The number of benzene rings is 1. The van der Waals surface area contributed by atoms with Crippen molar-refractivity contribution in [1.29, 1.82) is 5.26 Å². The monoisotopic (exact) mass is 384 g/mol. The molecule has 1 heterocycles. The van der Waals surface area contributed by atoms with Gasteiger partial charge in [-0.25, -0.2) is 4.79 Å². The lowest BCUT2D eigenvalue weighted by Gasteiger charge is -2.11. The predicted molar refractivity (Wildman–Crippen MR) is 99.3 cm³/mol. The maximum Gasteiger partial charge on any atom is 0.344 e. The molecule has 0 atom stereocenters. The van der Waals surface area contributed by atoms with Crippen LogP contribution in [0.5, 0.6) is 11.5 Å². The van der Waals surface area contributed by atoms with E-state index in [2.05, 4.69) is 5.32 Å². The average molecular weight is 384 g/mol. The van der Waals surface area contributed by atoms with Gasteiger partial charge in [-0.05, 0) is 42.8 Å². The van der Waals surface area contributed by atoms with Crippen molar-refractivity contribution in [2.24, 2.45) is 0 Å². The Morgan fingerprint density at radius 1 is 1.29 bits per heavy atom. The third-order valence-electron chi connectivity index (χ3n) is 3.52. The lowest BCUT2D eigenvalue weighted by molar-refractivity contribution is -0.145. The van der Waals surface area contributed by atoms with Crippen molar-refractivity contribution in [3.63, 3.8) is 0 Å². The summed E-state index contributed by atoms with van der Waals surface area (Å²) in [4.78, 5) is 23.6. The number of methoxy groups -OCH3 is 1. The van der Waals surface area contributed by atoms with E-state index in [-0.39, 0.29) is 25.3 Å². The molecule has 0 saturated carbocycles. The van der Waals surface area contributed by atoms with Crippen LogP contribution in [0, 0.1) is 11.3 Å². The first-order valence-electron chi connectivity index (χ1n) is 8.46. The zero-order chi connectivity index (χ0) is 20.4. The van der Waals surface area contributed by atoms with Crippen molar-refractivity contribution in [3.05, 3.63) is 53.5 Å². The van der Waals surface area contributed by atoms with Gasteiger partial charge in [0.05, 0.1) is 26.5 Å². The summed E-state index contributed by atoms with van der Waals surface area (Å²) in [5.74, 6) is 0.254. The predicted octanol–water partition coefficient (Wildman–Crippen LogP) is 2.45. The van der Waals surface area contributed by atoms with Crippen molar-refractivity contribution >= 4 is 18.0 Å². The Hall–Kier alpha value is -3.73. The van der Waals surface area contributed by atoms with Crippen LogP contribution < -0.4 is 14.8 Å². The van der Waals surface area contributed by atoms with Gasteiger partial charge in [0.25, 0.3) is 5.91 Å². The van der Waals surface area contributed by atoms with E-state index in [1.807, 2.05) is 6.07 Å². The van der Waals surface area contributed by atoms with Crippen LogP contribution in [0.2, 0.25) is 0 Å².